The molecule has 22 heavy (non-hydrogen) atoms. The molecule has 4 nitrogen and oxygen atoms in total. The Morgan fingerprint density at radius 1 is 1.27 bits per heavy atom. The molecular weight excluding hydrogens is 278 g/mol. The summed E-state index contributed by atoms with van der Waals surface area (Å²) in [6.07, 6.45) is 2.18. The van der Waals surface area contributed by atoms with Crippen molar-refractivity contribution < 1.29 is 14.3 Å². The van der Waals surface area contributed by atoms with Gasteiger partial charge < -0.3 is 4.74 Å². The van der Waals surface area contributed by atoms with Crippen LogP contribution in [0.5, 0.6) is 0 Å². The number of hydrogen-bond donors (Lipinski definition) is 0. The summed E-state index contributed by atoms with van der Waals surface area (Å²) in [6, 6.07) is 10.1. The molecule has 1 heterocycles. The monoisotopic (exact) mass is 303 g/mol. The summed E-state index contributed by atoms with van der Waals surface area (Å²) < 4.78 is 5.05. The maximum Gasteiger partial charge on any atom is 0.416 e. The summed E-state index contributed by atoms with van der Waals surface area (Å²) in [6.45, 7) is 6.23. The third-order valence-corrected chi connectivity index (χ3v) is 4.28. The predicted octanol–water partition coefficient (Wildman–Crippen LogP) is 3.65. The lowest BCUT2D eigenvalue weighted by atomic mass is 9.98. The maximum atomic E-state index is 12.5. The molecule has 0 aliphatic carbocycles. The molecule has 2 rings (SSSR count). The number of carbonyl (C=O) groups excluding carboxylic acids is 2. The van der Waals surface area contributed by atoms with Crippen molar-refractivity contribution in [2.24, 2.45) is 11.8 Å². The molecule has 1 aliphatic rings. The Morgan fingerprint density at radius 3 is 2.59 bits per heavy atom. The van der Waals surface area contributed by atoms with Gasteiger partial charge in [0.2, 0.25) is 5.91 Å². The van der Waals surface area contributed by atoms with Crippen molar-refractivity contribution in [2.75, 3.05) is 6.61 Å². The molecule has 0 aromatic heterocycles. The summed E-state index contributed by atoms with van der Waals surface area (Å²) in [5, 5.41) is 0. The number of amides is 2. The van der Waals surface area contributed by atoms with Gasteiger partial charge in [-0.1, -0.05) is 51.1 Å². The highest BCUT2D eigenvalue weighted by molar-refractivity contribution is 5.94. The van der Waals surface area contributed by atoms with E-state index in [4.69, 9.17) is 4.74 Å². The van der Waals surface area contributed by atoms with Crippen LogP contribution in [0.15, 0.2) is 30.3 Å². The number of carbonyl (C=O) groups is 2. The normalized spacial score (nSPS) is 19.4. The van der Waals surface area contributed by atoms with Crippen LogP contribution in [0.2, 0.25) is 0 Å². The first-order chi connectivity index (χ1) is 10.5. The molecule has 1 aromatic rings. The van der Waals surface area contributed by atoms with Gasteiger partial charge in [-0.15, -0.1) is 0 Å². The predicted molar refractivity (Wildman–Crippen MR) is 85.4 cm³/mol. The average Bonchev–Trinajstić information content (AvgIpc) is 2.89. The van der Waals surface area contributed by atoms with E-state index in [0.717, 1.165) is 19.3 Å². The number of ether oxygens (including phenoxy) is 1. The van der Waals surface area contributed by atoms with Gasteiger partial charge in [-0.25, -0.2) is 9.69 Å². The molecule has 120 valence electrons. The SMILES string of the molecule is CC(C)[C@H]1COC(=O)N1C(=O)[C@H](C)CCCc1ccccc1. The standard InChI is InChI=1S/C18H25NO3/c1-13(2)16-12-22-18(21)19(16)17(20)14(3)8-7-11-15-9-5-4-6-10-15/h4-6,9-10,13-14,16H,7-8,11-12H2,1-3H3/t14-,16-/m1/s1. The minimum absolute atomic E-state index is 0.103. The minimum Gasteiger partial charge on any atom is -0.447 e. The van der Waals surface area contributed by atoms with Crippen molar-refractivity contribution in [1.29, 1.82) is 0 Å². The second kappa shape index (κ2) is 7.43. The van der Waals surface area contributed by atoms with Crippen LogP contribution in [0.4, 0.5) is 4.79 Å². The van der Waals surface area contributed by atoms with E-state index in [0.29, 0.717) is 6.61 Å². The van der Waals surface area contributed by atoms with Crippen LogP contribution in [0.1, 0.15) is 39.2 Å². The van der Waals surface area contributed by atoms with Gasteiger partial charge in [0.1, 0.15) is 6.61 Å². The first-order valence-electron chi connectivity index (χ1n) is 8.04. The quantitative estimate of drug-likeness (QED) is 0.806. The molecular formula is C18H25NO3. The van der Waals surface area contributed by atoms with Crippen molar-refractivity contribution in [3.05, 3.63) is 35.9 Å². The average molecular weight is 303 g/mol. The van der Waals surface area contributed by atoms with E-state index in [9.17, 15) is 9.59 Å². The van der Waals surface area contributed by atoms with Crippen molar-refractivity contribution in [3.8, 4) is 0 Å². The first kappa shape index (κ1) is 16.5. The van der Waals surface area contributed by atoms with Crippen LogP contribution in [-0.4, -0.2) is 29.5 Å². The molecule has 0 saturated carbocycles. The van der Waals surface area contributed by atoms with Gasteiger partial charge in [-0.3, -0.25) is 4.79 Å². The van der Waals surface area contributed by atoms with E-state index < -0.39 is 6.09 Å². The summed E-state index contributed by atoms with van der Waals surface area (Å²) in [5.74, 6) is -0.0446. The van der Waals surface area contributed by atoms with Gasteiger partial charge >= 0.3 is 6.09 Å². The van der Waals surface area contributed by atoms with Gasteiger partial charge in [-0.2, -0.15) is 0 Å². The lowest BCUT2D eigenvalue weighted by Gasteiger charge is -2.25. The highest BCUT2D eigenvalue weighted by Crippen LogP contribution is 2.23. The smallest absolute Gasteiger partial charge is 0.416 e. The first-order valence-corrected chi connectivity index (χ1v) is 8.04. The number of cyclic esters (lactones) is 1. The molecule has 1 saturated heterocycles. The fourth-order valence-corrected chi connectivity index (χ4v) is 2.80. The van der Waals surface area contributed by atoms with Crippen molar-refractivity contribution in [3.63, 3.8) is 0 Å². The fraction of sp³-hybridized carbons (Fsp3) is 0.556. The number of benzene rings is 1. The summed E-state index contributed by atoms with van der Waals surface area (Å²) in [4.78, 5) is 25.7. The van der Waals surface area contributed by atoms with Crippen molar-refractivity contribution >= 4 is 12.0 Å². The van der Waals surface area contributed by atoms with Crippen LogP contribution in [-0.2, 0) is 16.0 Å². The highest BCUT2D eigenvalue weighted by atomic mass is 16.6. The molecule has 1 aromatic carbocycles. The number of imide groups is 1. The van der Waals surface area contributed by atoms with Crippen molar-refractivity contribution in [1.82, 2.24) is 4.90 Å². The lowest BCUT2D eigenvalue weighted by Crippen LogP contribution is -2.44. The second-order valence-corrected chi connectivity index (χ2v) is 6.38. The largest absolute Gasteiger partial charge is 0.447 e. The molecule has 2 atom stereocenters. The van der Waals surface area contributed by atoms with Gasteiger partial charge in [0.15, 0.2) is 0 Å². The molecule has 0 spiro atoms. The van der Waals surface area contributed by atoms with Crippen LogP contribution in [0.25, 0.3) is 0 Å². The minimum atomic E-state index is -0.487. The highest BCUT2D eigenvalue weighted by Gasteiger charge is 2.40. The van der Waals surface area contributed by atoms with Crippen LogP contribution in [0.3, 0.4) is 0 Å². The molecule has 4 heteroatoms. The zero-order valence-electron chi connectivity index (χ0n) is 13.6. The lowest BCUT2D eigenvalue weighted by molar-refractivity contribution is -0.133. The molecule has 0 unspecified atom stereocenters. The second-order valence-electron chi connectivity index (χ2n) is 6.38. The number of aryl methyl sites for hydroxylation is 1. The Labute approximate surface area is 132 Å². The molecule has 0 N–H and O–H groups in total. The fourth-order valence-electron chi connectivity index (χ4n) is 2.80. The van der Waals surface area contributed by atoms with Gasteiger partial charge in [-0.05, 0) is 30.7 Å². The van der Waals surface area contributed by atoms with E-state index >= 15 is 0 Å². The van der Waals surface area contributed by atoms with E-state index in [1.807, 2.05) is 39.0 Å². The summed E-state index contributed by atoms with van der Waals surface area (Å²) in [5.41, 5.74) is 1.28. The molecule has 2 amide bonds. The van der Waals surface area contributed by atoms with Gasteiger partial charge in [0.05, 0.1) is 6.04 Å². The molecule has 0 radical (unpaired) electrons. The molecule has 1 fully saturated rings. The third-order valence-electron chi connectivity index (χ3n) is 4.28. The van der Waals surface area contributed by atoms with Crippen LogP contribution in [0, 0.1) is 11.8 Å². The maximum absolute atomic E-state index is 12.5. The molecule has 0 bridgehead atoms. The Hall–Kier alpha value is -1.84. The Morgan fingerprint density at radius 2 is 1.95 bits per heavy atom. The number of nitrogens with zero attached hydrogens (tertiary/aromatic N) is 1. The van der Waals surface area contributed by atoms with Gasteiger partial charge in [0, 0.05) is 5.92 Å². The third kappa shape index (κ3) is 3.87. The Kier molecular flexibility index (Phi) is 5.58. The molecule has 1 aliphatic heterocycles. The van der Waals surface area contributed by atoms with Crippen molar-refractivity contribution in [2.45, 2.75) is 46.1 Å². The van der Waals surface area contributed by atoms with Crippen LogP contribution < -0.4 is 0 Å². The Bertz CT molecular complexity index is 512. The van der Waals surface area contributed by atoms with E-state index in [-0.39, 0.29) is 23.8 Å². The zero-order valence-corrected chi connectivity index (χ0v) is 13.6. The topological polar surface area (TPSA) is 46.6 Å². The number of rotatable bonds is 6. The zero-order chi connectivity index (χ0) is 16.1. The number of hydrogen-bond acceptors (Lipinski definition) is 3. The van der Waals surface area contributed by atoms with Gasteiger partial charge in [0.25, 0.3) is 0 Å². The summed E-state index contributed by atoms with van der Waals surface area (Å²) >= 11 is 0. The summed E-state index contributed by atoms with van der Waals surface area (Å²) in [7, 11) is 0. The van der Waals surface area contributed by atoms with Crippen LogP contribution >= 0.6 is 0 Å². The van der Waals surface area contributed by atoms with E-state index in [1.54, 1.807) is 0 Å². The van der Waals surface area contributed by atoms with E-state index in [2.05, 4.69) is 12.1 Å². The Balaban J connectivity index is 1.87. The van der Waals surface area contributed by atoms with E-state index in [1.165, 1.54) is 10.5 Å².